The van der Waals surface area contributed by atoms with Gasteiger partial charge < -0.3 is 14.7 Å². The van der Waals surface area contributed by atoms with Gasteiger partial charge in [0.25, 0.3) is 0 Å². The summed E-state index contributed by atoms with van der Waals surface area (Å²) < 4.78 is 5.21. The first-order chi connectivity index (χ1) is 11.8. The molecule has 1 fully saturated rings. The van der Waals surface area contributed by atoms with Crippen molar-refractivity contribution in [1.82, 2.24) is 20.4 Å². The fourth-order valence-corrected chi connectivity index (χ4v) is 3.52. The van der Waals surface area contributed by atoms with Crippen molar-refractivity contribution in [2.75, 3.05) is 19.6 Å². The lowest BCUT2D eigenvalue weighted by atomic mass is 9.97. The average Bonchev–Trinajstić information content (AvgIpc) is 3.12. The molecule has 1 N–H and O–H groups in total. The van der Waals surface area contributed by atoms with Gasteiger partial charge in [0, 0.05) is 32.0 Å². The lowest BCUT2D eigenvalue weighted by Gasteiger charge is -2.31. The summed E-state index contributed by atoms with van der Waals surface area (Å²) in [5, 5.41) is 7.15. The Balaban J connectivity index is 1.46. The van der Waals surface area contributed by atoms with Gasteiger partial charge in [0.15, 0.2) is 5.82 Å². The predicted octanol–water partition coefficient (Wildman–Crippen LogP) is 3.41. The third-order valence-corrected chi connectivity index (χ3v) is 4.97. The van der Waals surface area contributed by atoms with Crippen LogP contribution in [0.3, 0.4) is 0 Å². The van der Waals surface area contributed by atoms with E-state index in [0.717, 1.165) is 44.6 Å². The topological polar surface area (TPSA) is 71.3 Å². The number of hydrogen-bond acceptors (Lipinski definition) is 4. The molecule has 1 saturated heterocycles. The van der Waals surface area contributed by atoms with Crippen molar-refractivity contribution in [2.24, 2.45) is 0 Å². The van der Waals surface area contributed by atoms with E-state index in [1.54, 1.807) is 0 Å². The summed E-state index contributed by atoms with van der Waals surface area (Å²) >= 11 is 0. The lowest BCUT2D eigenvalue weighted by Crippen LogP contribution is -2.45. The number of carbonyl (C=O) groups is 1. The van der Waals surface area contributed by atoms with Gasteiger partial charge >= 0.3 is 6.03 Å². The number of aromatic nitrogens is 2. The van der Waals surface area contributed by atoms with Crippen molar-refractivity contribution in [3.8, 4) is 0 Å². The van der Waals surface area contributed by atoms with Gasteiger partial charge in [-0.25, -0.2) is 4.79 Å². The highest BCUT2D eigenvalue weighted by Gasteiger charge is 2.27. The monoisotopic (exact) mass is 332 g/mol. The number of allylic oxidation sites excluding steroid dienone is 1. The molecule has 1 atom stereocenters. The fraction of sp³-hybridized carbons (Fsp3) is 0.722. The minimum Gasteiger partial charge on any atom is -0.339 e. The molecule has 0 radical (unpaired) electrons. The maximum absolute atomic E-state index is 12.4. The fourth-order valence-electron chi connectivity index (χ4n) is 3.52. The Kier molecular flexibility index (Phi) is 5.88. The second-order valence-electron chi connectivity index (χ2n) is 6.78. The molecule has 1 aliphatic heterocycles. The molecule has 2 heterocycles. The van der Waals surface area contributed by atoms with Crippen molar-refractivity contribution in [2.45, 2.75) is 64.2 Å². The summed E-state index contributed by atoms with van der Waals surface area (Å²) in [7, 11) is 0. The third kappa shape index (κ3) is 4.36. The van der Waals surface area contributed by atoms with Crippen molar-refractivity contribution in [3.63, 3.8) is 0 Å². The SMILES string of the molecule is CCc1nc([C@@H]2CCCN(C(=O)NCCC3=CCCCC3)C2)no1. The van der Waals surface area contributed by atoms with Crippen LogP contribution >= 0.6 is 0 Å². The molecular weight excluding hydrogens is 304 g/mol. The molecule has 6 nitrogen and oxygen atoms in total. The van der Waals surface area contributed by atoms with E-state index in [1.165, 1.54) is 31.3 Å². The van der Waals surface area contributed by atoms with E-state index in [1.807, 2.05) is 11.8 Å². The third-order valence-electron chi connectivity index (χ3n) is 4.97. The predicted molar refractivity (Wildman–Crippen MR) is 91.8 cm³/mol. The molecule has 0 saturated carbocycles. The highest BCUT2D eigenvalue weighted by molar-refractivity contribution is 5.74. The number of urea groups is 1. The highest BCUT2D eigenvalue weighted by Crippen LogP contribution is 2.25. The highest BCUT2D eigenvalue weighted by atomic mass is 16.5. The Labute approximate surface area is 143 Å². The minimum atomic E-state index is 0.0373. The van der Waals surface area contributed by atoms with Gasteiger partial charge in [0.1, 0.15) is 0 Å². The van der Waals surface area contributed by atoms with Crippen LogP contribution in [-0.2, 0) is 6.42 Å². The number of nitrogens with one attached hydrogen (secondary N) is 1. The first-order valence-corrected chi connectivity index (χ1v) is 9.29. The zero-order valence-electron chi connectivity index (χ0n) is 14.6. The van der Waals surface area contributed by atoms with Crippen molar-refractivity contribution in [3.05, 3.63) is 23.4 Å². The average molecular weight is 332 g/mol. The molecule has 2 amide bonds. The maximum Gasteiger partial charge on any atom is 0.317 e. The summed E-state index contributed by atoms with van der Waals surface area (Å²) in [5.74, 6) is 1.61. The van der Waals surface area contributed by atoms with Crippen molar-refractivity contribution < 1.29 is 9.32 Å². The Morgan fingerprint density at radius 2 is 2.33 bits per heavy atom. The van der Waals surface area contributed by atoms with Crippen LogP contribution in [0.25, 0.3) is 0 Å². The Morgan fingerprint density at radius 1 is 1.42 bits per heavy atom. The second-order valence-corrected chi connectivity index (χ2v) is 6.78. The molecule has 1 aliphatic carbocycles. The van der Waals surface area contributed by atoms with Gasteiger partial charge in [-0.2, -0.15) is 4.98 Å². The van der Waals surface area contributed by atoms with Crippen LogP contribution < -0.4 is 5.32 Å². The van der Waals surface area contributed by atoms with Crippen LogP contribution in [0.5, 0.6) is 0 Å². The number of likely N-dealkylation sites (tertiary alicyclic amines) is 1. The van der Waals surface area contributed by atoms with Crippen LogP contribution in [0.4, 0.5) is 4.79 Å². The van der Waals surface area contributed by atoms with E-state index in [2.05, 4.69) is 21.5 Å². The summed E-state index contributed by atoms with van der Waals surface area (Å²) in [6.07, 6.45) is 11.1. The quantitative estimate of drug-likeness (QED) is 0.839. The summed E-state index contributed by atoms with van der Waals surface area (Å²) in [6, 6.07) is 0.0373. The number of amides is 2. The molecule has 6 heteroatoms. The number of hydrogen-bond donors (Lipinski definition) is 1. The van der Waals surface area contributed by atoms with Gasteiger partial charge in [-0.1, -0.05) is 23.7 Å². The Bertz CT molecular complexity index is 581. The molecule has 132 valence electrons. The number of carbonyl (C=O) groups excluding carboxylic acids is 1. The van der Waals surface area contributed by atoms with Crippen molar-refractivity contribution in [1.29, 1.82) is 0 Å². The van der Waals surface area contributed by atoms with E-state index < -0.39 is 0 Å². The molecule has 24 heavy (non-hydrogen) atoms. The van der Waals surface area contributed by atoms with E-state index in [-0.39, 0.29) is 11.9 Å². The minimum absolute atomic E-state index is 0.0373. The van der Waals surface area contributed by atoms with Crippen LogP contribution in [0.15, 0.2) is 16.2 Å². The second kappa shape index (κ2) is 8.31. The van der Waals surface area contributed by atoms with E-state index >= 15 is 0 Å². The molecule has 3 rings (SSSR count). The first-order valence-electron chi connectivity index (χ1n) is 9.29. The van der Waals surface area contributed by atoms with Crippen LogP contribution in [0.1, 0.15) is 69.5 Å². The molecule has 1 aromatic rings. The molecule has 0 aromatic carbocycles. The summed E-state index contributed by atoms with van der Waals surface area (Å²) in [4.78, 5) is 18.7. The van der Waals surface area contributed by atoms with E-state index in [9.17, 15) is 4.79 Å². The zero-order chi connectivity index (χ0) is 16.8. The van der Waals surface area contributed by atoms with E-state index in [4.69, 9.17) is 4.52 Å². The number of aryl methyl sites for hydroxylation is 1. The largest absolute Gasteiger partial charge is 0.339 e. The van der Waals surface area contributed by atoms with Crippen LogP contribution in [0.2, 0.25) is 0 Å². The molecular formula is C18H28N4O2. The van der Waals surface area contributed by atoms with Gasteiger partial charge in [-0.15, -0.1) is 0 Å². The van der Waals surface area contributed by atoms with Gasteiger partial charge in [-0.3, -0.25) is 0 Å². The zero-order valence-corrected chi connectivity index (χ0v) is 14.6. The van der Waals surface area contributed by atoms with Crippen LogP contribution in [-0.4, -0.2) is 40.7 Å². The van der Waals surface area contributed by atoms with Crippen LogP contribution in [0, 0.1) is 0 Å². The Morgan fingerprint density at radius 3 is 3.08 bits per heavy atom. The normalized spacial score (nSPS) is 21.5. The molecule has 0 spiro atoms. The maximum atomic E-state index is 12.4. The molecule has 0 bridgehead atoms. The van der Waals surface area contributed by atoms with Gasteiger partial charge in [-0.05, 0) is 44.9 Å². The number of nitrogens with zero attached hydrogens (tertiary/aromatic N) is 3. The lowest BCUT2D eigenvalue weighted by molar-refractivity contribution is 0.178. The summed E-state index contributed by atoms with van der Waals surface area (Å²) in [5.41, 5.74) is 1.50. The molecule has 0 unspecified atom stereocenters. The van der Waals surface area contributed by atoms with Crippen molar-refractivity contribution >= 4 is 6.03 Å². The molecule has 1 aromatic heterocycles. The van der Waals surface area contributed by atoms with Gasteiger partial charge in [0.2, 0.25) is 5.89 Å². The Hall–Kier alpha value is -1.85. The number of rotatable bonds is 5. The standard InChI is InChI=1S/C18H28N4O2/c1-2-16-20-17(21-24-16)15-9-6-12-22(13-15)18(23)19-11-10-14-7-4-3-5-8-14/h7,15H,2-6,8-13H2,1H3,(H,19,23)/t15-/m1/s1. The first kappa shape index (κ1) is 17.0. The number of piperidine rings is 1. The smallest absolute Gasteiger partial charge is 0.317 e. The summed E-state index contributed by atoms with van der Waals surface area (Å²) in [6.45, 7) is 4.22. The van der Waals surface area contributed by atoms with E-state index in [0.29, 0.717) is 12.4 Å². The van der Waals surface area contributed by atoms with Gasteiger partial charge in [0.05, 0.1) is 0 Å². The molecule has 2 aliphatic rings.